The Labute approximate surface area is 146 Å². The van der Waals surface area contributed by atoms with E-state index in [1.165, 1.54) is 0 Å². The van der Waals surface area contributed by atoms with Gasteiger partial charge in [0.15, 0.2) is 23.0 Å². The lowest BCUT2D eigenvalue weighted by Gasteiger charge is -2.17. The van der Waals surface area contributed by atoms with Gasteiger partial charge in [0.2, 0.25) is 13.6 Å². The lowest BCUT2D eigenvalue weighted by atomic mass is 9.85. The fourth-order valence-corrected chi connectivity index (χ4v) is 3.90. The van der Waals surface area contributed by atoms with Gasteiger partial charge in [0.1, 0.15) is 0 Å². The molecular weight excluding hydrogens is 320 g/mol. The molecule has 25 heavy (non-hydrogen) atoms. The zero-order valence-electron chi connectivity index (χ0n) is 14.2. The summed E-state index contributed by atoms with van der Waals surface area (Å²) in [6.45, 7) is 5.06. The Hall–Kier alpha value is -2.40. The third kappa shape index (κ3) is 2.34. The maximum atomic E-state index is 6.48. The highest BCUT2D eigenvalue weighted by atomic mass is 16.7. The summed E-state index contributed by atoms with van der Waals surface area (Å²) in [5.41, 5.74) is 2.26. The Morgan fingerprint density at radius 3 is 1.56 bits per heavy atom. The quantitative estimate of drug-likeness (QED) is 0.819. The molecule has 3 aliphatic rings. The molecule has 4 atom stereocenters. The highest BCUT2D eigenvalue weighted by Gasteiger charge is 2.41. The van der Waals surface area contributed by atoms with Crippen LogP contribution in [-0.2, 0) is 4.74 Å². The average molecular weight is 340 g/mol. The first-order valence-corrected chi connectivity index (χ1v) is 8.65. The molecule has 0 bridgehead atoms. The normalized spacial score (nSPS) is 29.2. The predicted octanol–water partition coefficient (Wildman–Crippen LogP) is 4.23. The molecule has 0 amide bonds. The zero-order valence-corrected chi connectivity index (χ0v) is 14.2. The van der Waals surface area contributed by atoms with Gasteiger partial charge in [0, 0.05) is 0 Å². The first-order valence-electron chi connectivity index (χ1n) is 8.65. The molecule has 5 heteroatoms. The van der Waals surface area contributed by atoms with Gasteiger partial charge in [-0.05, 0) is 47.2 Å². The topological polar surface area (TPSA) is 46.2 Å². The molecule has 5 nitrogen and oxygen atoms in total. The maximum Gasteiger partial charge on any atom is 0.231 e. The first kappa shape index (κ1) is 14.9. The minimum Gasteiger partial charge on any atom is -0.454 e. The second-order valence-electron chi connectivity index (χ2n) is 6.92. The molecule has 5 rings (SSSR count). The summed E-state index contributed by atoms with van der Waals surface area (Å²) in [6, 6.07) is 12.2. The van der Waals surface area contributed by atoms with Crippen molar-refractivity contribution in [3.63, 3.8) is 0 Å². The number of fused-ring (bicyclic) bond motifs is 2. The number of benzene rings is 2. The Bertz CT molecular complexity index is 750. The number of hydrogen-bond acceptors (Lipinski definition) is 5. The number of ether oxygens (including phenoxy) is 5. The molecule has 130 valence electrons. The molecule has 1 saturated heterocycles. The molecule has 2 aromatic carbocycles. The third-order valence-electron chi connectivity index (χ3n) is 5.53. The molecular formula is C20H20O5. The third-order valence-corrected chi connectivity index (χ3v) is 5.53. The molecule has 2 aromatic rings. The van der Waals surface area contributed by atoms with Crippen LogP contribution in [0.1, 0.15) is 37.2 Å². The molecule has 0 radical (unpaired) electrons. The van der Waals surface area contributed by atoms with Crippen molar-refractivity contribution in [3.05, 3.63) is 47.5 Å². The van der Waals surface area contributed by atoms with E-state index in [0.29, 0.717) is 11.8 Å². The van der Waals surface area contributed by atoms with Crippen molar-refractivity contribution in [2.75, 3.05) is 13.6 Å². The Morgan fingerprint density at radius 2 is 1.08 bits per heavy atom. The SMILES string of the molecule is CC1C(C)[C@@H](c2ccc3c(c2)OCO3)O[C@@H]1c1ccc2c(c1)OCO2. The standard InChI is InChI=1S/C20H20O5/c1-11-12(2)20(14-4-6-16-18(8-14)24-10-22-16)25-19(11)13-3-5-15-17(7-13)23-9-21-15/h3-8,11-12,19-20H,9-10H2,1-2H3/t11?,12?,19-,20-/m0/s1. The number of rotatable bonds is 2. The molecule has 0 N–H and O–H groups in total. The van der Waals surface area contributed by atoms with E-state index in [2.05, 4.69) is 26.0 Å². The van der Waals surface area contributed by atoms with Crippen molar-refractivity contribution >= 4 is 0 Å². The van der Waals surface area contributed by atoms with Crippen molar-refractivity contribution < 1.29 is 23.7 Å². The van der Waals surface area contributed by atoms with E-state index in [4.69, 9.17) is 23.7 Å². The van der Waals surface area contributed by atoms with Crippen molar-refractivity contribution in [1.82, 2.24) is 0 Å². The summed E-state index contributed by atoms with van der Waals surface area (Å²) in [5.74, 6) is 3.97. The van der Waals surface area contributed by atoms with E-state index in [9.17, 15) is 0 Å². The van der Waals surface area contributed by atoms with E-state index in [-0.39, 0.29) is 25.8 Å². The van der Waals surface area contributed by atoms with Gasteiger partial charge >= 0.3 is 0 Å². The fraction of sp³-hybridized carbons (Fsp3) is 0.400. The summed E-state index contributed by atoms with van der Waals surface area (Å²) >= 11 is 0. The van der Waals surface area contributed by atoms with Gasteiger partial charge in [-0.1, -0.05) is 26.0 Å². The van der Waals surface area contributed by atoms with Gasteiger partial charge in [0.25, 0.3) is 0 Å². The van der Waals surface area contributed by atoms with Crippen LogP contribution in [0.3, 0.4) is 0 Å². The monoisotopic (exact) mass is 340 g/mol. The van der Waals surface area contributed by atoms with Gasteiger partial charge in [-0.15, -0.1) is 0 Å². The van der Waals surface area contributed by atoms with Crippen molar-refractivity contribution in [2.24, 2.45) is 11.8 Å². The van der Waals surface area contributed by atoms with Crippen LogP contribution in [0, 0.1) is 11.8 Å². The fourth-order valence-electron chi connectivity index (χ4n) is 3.90. The molecule has 3 aliphatic heterocycles. The van der Waals surface area contributed by atoms with Crippen LogP contribution < -0.4 is 18.9 Å². The largest absolute Gasteiger partial charge is 0.454 e. The molecule has 0 aliphatic carbocycles. The predicted molar refractivity (Wildman–Crippen MR) is 90.0 cm³/mol. The summed E-state index contributed by atoms with van der Waals surface area (Å²) < 4.78 is 28.3. The molecule has 0 aromatic heterocycles. The zero-order chi connectivity index (χ0) is 17.0. The van der Waals surface area contributed by atoms with Crippen LogP contribution in [0.25, 0.3) is 0 Å². The Balaban J connectivity index is 1.44. The Morgan fingerprint density at radius 1 is 0.640 bits per heavy atom. The van der Waals surface area contributed by atoms with Crippen LogP contribution in [-0.4, -0.2) is 13.6 Å². The van der Waals surface area contributed by atoms with E-state index >= 15 is 0 Å². The van der Waals surface area contributed by atoms with E-state index in [0.717, 1.165) is 34.1 Å². The van der Waals surface area contributed by atoms with Gasteiger partial charge in [0.05, 0.1) is 12.2 Å². The molecule has 0 saturated carbocycles. The summed E-state index contributed by atoms with van der Waals surface area (Å²) in [5, 5.41) is 0. The van der Waals surface area contributed by atoms with E-state index in [1.54, 1.807) is 0 Å². The molecule has 3 heterocycles. The summed E-state index contributed by atoms with van der Waals surface area (Å²) in [7, 11) is 0. The van der Waals surface area contributed by atoms with Gasteiger partial charge in [-0.2, -0.15) is 0 Å². The maximum absolute atomic E-state index is 6.48. The van der Waals surface area contributed by atoms with Crippen LogP contribution in [0.4, 0.5) is 0 Å². The van der Waals surface area contributed by atoms with Crippen LogP contribution in [0.15, 0.2) is 36.4 Å². The second kappa shape index (κ2) is 5.56. The van der Waals surface area contributed by atoms with E-state index in [1.807, 2.05) is 24.3 Å². The Kier molecular flexibility index (Phi) is 3.31. The highest BCUT2D eigenvalue weighted by molar-refractivity contribution is 5.47. The number of hydrogen-bond donors (Lipinski definition) is 0. The van der Waals surface area contributed by atoms with Gasteiger partial charge < -0.3 is 23.7 Å². The van der Waals surface area contributed by atoms with Crippen LogP contribution in [0.5, 0.6) is 23.0 Å². The van der Waals surface area contributed by atoms with Crippen LogP contribution >= 0.6 is 0 Å². The smallest absolute Gasteiger partial charge is 0.231 e. The summed E-state index contributed by atoms with van der Waals surface area (Å²) in [6.07, 6.45) is 0.0554. The highest BCUT2D eigenvalue weighted by Crippen LogP contribution is 2.51. The molecule has 1 fully saturated rings. The van der Waals surface area contributed by atoms with Gasteiger partial charge in [-0.3, -0.25) is 0 Å². The van der Waals surface area contributed by atoms with Crippen molar-refractivity contribution in [1.29, 1.82) is 0 Å². The first-order chi connectivity index (χ1) is 12.2. The van der Waals surface area contributed by atoms with Gasteiger partial charge in [-0.25, -0.2) is 0 Å². The molecule has 2 unspecified atom stereocenters. The lowest BCUT2D eigenvalue weighted by Crippen LogP contribution is -2.09. The van der Waals surface area contributed by atoms with Crippen LogP contribution in [0.2, 0.25) is 0 Å². The minimum absolute atomic E-state index is 0.0277. The average Bonchev–Trinajstić information content (AvgIpc) is 3.34. The van der Waals surface area contributed by atoms with Crippen molar-refractivity contribution in [3.8, 4) is 23.0 Å². The van der Waals surface area contributed by atoms with Crippen molar-refractivity contribution in [2.45, 2.75) is 26.1 Å². The van der Waals surface area contributed by atoms with E-state index < -0.39 is 0 Å². The lowest BCUT2D eigenvalue weighted by molar-refractivity contribution is 0.0288. The molecule has 0 spiro atoms. The summed E-state index contributed by atoms with van der Waals surface area (Å²) in [4.78, 5) is 0. The second-order valence-corrected chi connectivity index (χ2v) is 6.92. The minimum atomic E-state index is 0.0277.